The van der Waals surface area contributed by atoms with Crippen LogP contribution in [0.25, 0.3) is 43.0 Å². The Kier molecular flexibility index (Phi) is 7.25. The number of thioether (sulfide) groups is 2. The molecule has 0 radical (unpaired) electrons. The van der Waals surface area contributed by atoms with Crippen molar-refractivity contribution in [1.82, 2.24) is 63.1 Å². The highest BCUT2D eigenvalue weighted by atomic mass is 32.2. The van der Waals surface area contributed by atoms with E-state index in [9.17, 15) is 0 Å². The highest BCUT2D eigenvalue weighted by Crippen LogP contribution is 2.28. The molecule has 13 nitrogen and oxygen atoms in total. The fourth-order valence-electron chi connectivity index (χ4n) is 5.33. The first kappa shape index (κ1) is 29.2. The highest BCUT2D eigenvalue weighted by Gasteiger charge is 2.15. The van der Waals surface area contributed by atoms with Crippen molar-refractivity contribution >= 4 is 89.2 Å². The van der Waals surface area contributed by atoms with Crippen molar-refractivity contribution in [2.45, 2.75) is 35.7 Å². The van der Waals surface area contributed by atoms with E-state index in [1.807, 2.05) is 93.6 Å². The summed E-state index contributed by atoms with van der Waals surface area (Å²) >= 11 is 6.39. The van der Waals surface area contributed by atoms with Gasteiger partial charge < -0.3 is 0 Å². The van der Waals surface area contributed by atoms with Gasteiger partial charge in [-0.2, -0.15) is 14.1 Å². The van der Waals surface area contributed by atoms with E-state index in [1.165, 1.54) is 11.3 Å². The van der Waals surface area contributed by atoms with E-state index in [0.717, 1.165) is 82.1 Å². The van der Waals surface area contributed by atoms with Crippen LogP contribution in [0.15, 0.2) is 88.3 Å². The van der Waals surface area contributed by atoms with Gasteiger partial charge in [-0.25, -0.2) is 34.4 Å². The third-order valence-electron chi connectivity index (χ3n) is 7.39. The number of aryl methyl sites for hydroxylation is 2. The van der Waals surface area contributed by atoms with E-state index in [2.05, 4.69) is 41.4 Å². The maximum absolute atomic E-state index is 4.76. The first-order valence-corrected chi connectivity index (χ1v) is 18.5. The van der Waals surface area contributed by atoms with Gasteiger partial charge in [-0.1, -0.05) is 59.1 Å². The predicted molar refractivity (Wildman–Crippen MR) is 189 cm³/mol. The summed E-state index contributed by atoms with van der Waals surface area (Å²) in [5, 5.41) is 18.9. The molecule has 0 amide bonds. The molecule has 10 aromatic rings. The summed E-state index contributed by atoms with van der Waals surface area (Å²) in [7, 11) is 0. The summed E-state index contributed by atoms with van der Waals surface area (Å²) in [6.07, 6.45) is 6.03. The summed E-state index contributed by atoms with van der Waals surface area (Å²) in [4.78, 5) is 29.7. The molecule has 0 N–H and O–H groups in total. The van der Waals surface area contributed by atoms with Gasteiger partial charge in [-0.05, 0) is 38.1 Å². The fourth-order valence-corrected chi connectivity index (χ4v) is 8.33. The normalized spacial score (nSPS) is 11.9. The lowest BCUT2D eigenvalue weighted by atomic mass is 10.2. The van der Waals surface area contributed by atoms with Crippen LogP contribution in [0.1, 0.15) is 23.0 Å². The van der Waals surface area contributed by atoms with Crippen LogP contribution in [0.3, 0.4) is 0 Å². The molecule has 0 aliphatic heterocycles. The van der Waals surface area contributed by atoms with Crippen LogP contribution in [0.2, 0.25) is 0 Å². The van der Waals surface area contributed by atoms with Crippen molar-refractivity contribution in [3.63, 3.8) is 0 Å². The van der Waals surface area contributed by atoms with E-state index < -0.39 is 0 Å². The maximum Gasteiger partial charge on any atom is 0.212 e. The van der Waals surface area contributed by atoms with Crippen LogP contribution in [-0.4, -0.2) is 63.1 Å². The average Bonchev–Trinajstić information content (AvgIpc) is 3.93. The molecule has 10 rings (SSSR count). The molecule has 0 bridgehead atoms. The lowest BCUT2D eigenvalue weighted by Gasteiger charge is -2.05. The Morgan fingerprint density at radius 2 is 1.23 bits per heavy atom. The van der Waals surface area contributed by atoms with Crippen molar-refractivity contribution in [3.8, 4) is 0 Å². The molecule has 8 heterocycles. The maximum atomic E-state index is 4.76. The number of nitrogens with zero attached hydrogens (tertiary/aromatic N) is 13. The van der Waals surface area contributed by atoms with Gasteiger partial charge in [0.05, 0.1) is 28.6 Å². The Balaban J connectivity index is 0.000000131. The molecule has 0 saturated heterocycles. The van der Waals surface area contributed by atoms with E-state index >= 15 is 0 Å². The molecule has 0 saturated carbocycles. The molecule has 48 heavy (non-hydrogen) atoms. The highest BCUT2D eigenvalue weighted by molar-refractivity contribution is 7.98. The zero-order valence-corrected chi connectivity index (χ0v) is 28.6. The lowest BCUT2D eigenvalue weighted by molar-refractivity contribution is 0.796. The van der Waals surface area contributed by atoms with E-state index in [0.29, 0.717) is 5.75 Å². The summed E-state index contributed by atoms with van der Waals surface area (Å²) < 4.78 is 7.49. The molecular formula is C31H23N13S4. The lowest BCUT2D eigenvalue weighted by Crippen LogP contribution is -1.98. The third kappa shape index (κ3) is 5.33. The third-order valence-corrected chi connectivity index (χ3v) is 10.8. The number of hydrogen-bond acceptors (Lipinski definition) is 13. The number of thiazole rings is 1. The second kappa shape index (κ2) is 11.9. The molecule has 0 aliphatic carbocycles. The van der Waals surface area contributed by atoms with Gasteiger partial charge in [0.2, 0.25) is 4.96 Å². The molecule has 8 aromatic heterocycles. The van der Waals surface area contributed by atoms with Crippen LogP contribution >= 0.6 is 46.2 Å². The Labute approximate surface area is 287 Å². The monoisotopic (exact) mass is 705 g/mol. The molecule has 17 heteroatoms. The Morgan fingerprint density at radius 3 is 1.83 bits per heavy atom. The van der Waals surface area contributed by atoms with Gasteiger partial charge in [-0.3, -0.25) is 4.40 Å². The Hall–Kier alpha value is -4.97. The molecule has 0 atom stereocenters. The molecule has 0 spiro atoms. The van der Waals surface area contributed by atoms with Crippen LogP contribution in [0.4, 0.5) is 0 Å². The van der Waals surface area contributed by atoms with Crippen molar-refractivity contribution in [2.24, 2.45) is 0 Å². The van der Waals surface area contributed by atoms with E-state index in [4.69, 9.17) is 9.97 Å². The summed E-state index contributed by atoms with van der Waals surface area (Å²) in [5.41, 5.74) is 7.34. The van der Waals surface area contributed by atoms with Crippen molar-refractivity contribution in [1.29, 1.82) is 0 Å². The second-order valence-corrected chi connectivity index (χ2v) is 14.3. The number of benzene rings is 2. The molecular weight excluding hydrogens is 683 g/mol. The van der Waals surface area contributed by atoms with Crippen molar-refractivity contribution < 1.29 is 0 Å². The van der Waals surface area contributed by atoms with Gasteiger partial charge in [0.1, 0.15) is 17.2 Å². The van der Waals surface area contributed by atoms with Crippen LogP contribution in [-0.2, 0) is 11.5 Å². The van der Waals surface area contributed by atoms with Crippen molar-refractivity contribution in [2.75, 3.05) is 0 Å². The van der Waals surface area contributed by atoms with E-state index in [1.54, 1.807) is 44.9 Å². The minimum Gasteiger partial charge on any atom is -0.297 e. The predicted octanol–water partition coefficient (Wildman–Crippen LogP) is 6.57. The minimum absolute atomic E-state index is 0.704. The van der Waals surface area contributed by atoms with Gasteiger partial charge in [0, 0.05) is 40.1 Å². The minimum atomic E-state index is 0.704. The summed E-state index contributed by atoms with van der Waals surface area (Å²) in [6.45, 7) is 3.80. The smallest absolute Gasteiger partial charge is 0.212 e. The number of imidazole rings is 2. The molecule has 2 aromatic carbocycles. The first-order chi connectivity index (χ1) is 23.6. The molecule has 0 fully saturated rings. The number of para-hydroxylation sites is 2. The standard InChI is InChI=1S/C16H12N6S2.C15H11N7S2/c1-10-17-14-12-4-2-3-5-13(12)19-16(22(14)20-10)24-9-11-8-21-6-7-23-15(21)18-11;1-9-17-13-11-4-2-3-5-12(11)19-15(22(13)20-9)23-7-10-6-21-14(18-10)24-8-16-21/h2-8H,9H2,1H3;2-6,8H,7H2,1H3. The molecule has 0 unspecified atom stereocenters. The first-order valence-electron chi connectivity index (χ1n) is 14.7. The fraction of sp³-hybridized carbons (Fsp3) is 0.129. The number of rotatable bonds is 6. The molecule has 236 valence electrons. The zero-order chi connectivity index (χ0) is 32.2. The topological polar surface area (TPSA) is 134 Å². The molecule has 0 aliphatic rings. The second-order valence-electron chi connectivity index (χ2n) is 10.7. The van der Waals surface area contributed by atoms with Gasteiger partial charge in [-0.15, -0.1) is 21.5 Å². The SMILES string of the molecule is Cc1nc2c3ccccc3nc(SCc3cn4ccsc4n3)n2n1.Cc1nc2c3ccccc3nc(SCc3cn4ncsc4n3)n2n1. The Bertz CT molecular complexity index is 2500. The van der Waals surface area contributed by atoms with Crippen LogP contribution in [0, 0.1) is 13.8 Å². The van der Waals surface area contributed by atoms with Crippen LogP contribution in [0.5, 0.6) is 0 Å². The average molecular weight is 706 g/mol. The van der Waals surface area contributed by atoms with Gasteiger partial charge >= 0.3 is 0 Å². The van der Waals surface area contributed by atoms with Crippen molar-refractivity contribution in [3.05, 3.63) is 101 Å². The van der Waals surface area contributed by atoms with E-state index in [-0.39, 0.29) is 0 Å². The number of hydrogen-bond donors (Lipinski definition) is 0. The zero-order valence-electron chi connectivity index (χ0n) is 25.4. The largest absolute Gasteiger partial charge is 0.297 e. The Morgan fingerprint density at radius 1 is 0.646 bits per heavy atom. The van der Waals surface area contributed by atoms with Crippen LogP contribution < -0.4 is 0 Å². The summed E-state index contributed by atoms with van der Waals surface area (Å²) in [5.74, 6) is 2.93. The number of fused-ring (bicyclic) bond motifs is 8. The quantitative estimate of drug-likeness (QED) is 0.137. The van der Waals surface area contributed by atoms with Gasteiger partial charge in [0.25, 0.3) is 0 Å². The van der Waals surface area contributed by atoms with Gasteiger partial charge in [0.15, 0.2) is 26.6 Å². The number of aromatic nitrogens is 13. The summed E-state index contributed by atoms with van der Waals surface area (Å²) in [6, 6.07) is 16.0.